The molecule has 0 radical (unpaired) electrons. The van der Waals surface area contributed by atoms with Gasteiger partial charge in [0.05, 0.1) is 21.3 Å². The average molecular weight is 362 g/mol. The van der Waals surface area contributed by atoms with Crippen LogP contribution in [0.1, 0.15) is 34.8 Å². The van der Waals surface area contributed by atoms with E-state index in [0.29, 0.717) is 10.0 Å². The number of rotatable bonds is 2. The van der Waals surface area contributed by atoms with Gasteiger partial charge in [-0.15, -0.1) is 0 Å². The van der Waals surface area contributed by atoms with Crippen LogP contribution in [0.3, 0.4) is 0 Å². The molecule has 1 N–H and O–H groups in total. The van der Waals surface area contributed by atoms with Crippen molar-refractivity contribution in [2.75, 3.05) is 0 Å². The molecule has 0 fully saturated rings. The van der Waals surface area contributed by atoms with Crippen molar-refractivity contribution in [1.29, 1.82) is 0 Å². The number of aromatic hydroxyl groups is 1. The molecule has 0 aliphatic carbocycles. The van der Waals surface area contributed by atoms with Crippen molar-refractivity contribution in [1.82, 2.24) is 9.97 Å². The topological polar surface area (TPSA) is 80.2 Å². The summed E-state index contributed by atoms with van der Waals surface area (Å²) < 4.78 is 0. The Morgan fingerprint density at radius 2 is 1.36 bits per heavy atom. The third-order valence-corrected chi connectivity index (χ3v) is 3.08. The van der Waals surface area contributed by atoms with Crippen molar-refractivity contribution in [2.24, 2.45) is 0 Å². The van der Waals surface area contributed by atoms with Gasteiger partial charge in [0.15, 0.2) is 11.6 Å². The quantitative estimate of drug-likeness (QED) is 0.809. The van der Waals surface area contributed by atoms with Crippen molar-refractivity contribution in [3.63, 3.8) is 0 Å². The van der Waals surface area contributed by atoms with Crippen LogP contribution in [0.2, 0.25) is 15.1 Å². The number of hydrogen-bond donors (Lipinski definition) is 1. The molecule has 0 saturated carbocycles. The fourth-order valence-electron chi connectivity index (χ4n) is 1.36. The predicted molar refractivity (Wildman–Crippen MR) is 85.2 cm³/mol. The minimum absolute atomic E-state index is 0.0417. The number of halogens is 3. The first-order valence-corrected chi connectivity index (χ1v) is 7.03. The van der Waals surface area contributed by atoms with Crippen LogP contribution < -0.4 is 0 Å². The maximum absolute atomic E-state index is 10.8. The molecule has 0 atom stereocenters. The molecule has 2 aromatic rings. The summed E-state index contributed by atoms with van der Waals surface area (Å²) in [6.07, 6.45) is 2.58. The van der Waals surface area contributed by atoms with Crippen LogP contribution in [0.5, 0.6) is 5.75 Å². The number of carbonyl (C=O) groups excluding carboxylic acids is 2. The van der Waals surface area contributed by atoms with Gasteiger partial charge in [0.2, 0.25) is 0 Å². The molecule has 0 unspecified atom stereocenters. The lowest BCUT2D eigenvalue weighted by Crippen LogP contribution is -1.96. The smallest absolute Gasteiger partial charge is 0.179 e. The van der Waals surface area contributed by atoms with E-state index in [4.69, 9.17) is 39.9 Å². The maximum Gasteiger partial charge on any atom is 0.179 e. The van der Waals surface area contributed by atoms with Crippen molar-refractivity contribution in [2.45, 2.75) is 13.8 Å². The van der Waals surface area contributed by atoms with E-state index < -0.39 is 0 Å². The standard InChI is InChI=1S/C7H5Cl2NO.C7H6ClNO2/c1-4(11)7-6(9)2-5(8)3-10-7;1-4(10)7-6(8)2-5(11)3-9-7/h2-3H,1H3;2-3,11H,1H3. The molecular weight excluding hydrogens is 351 g/mol. The number of Topliss-reactive ketones (excluding diaryl/α,β-unsaturated/α-hetero) is 2. The summed E-state index contributed by atoms with van der Waals surface area (Å²) in [5.74, 6) is -0.415. The van der Waals surface area contributed by atoms with Crippen molar-refractivity contribution in [3.05, 3.63) is 51.0 Å². The highest BCUT2D eigenvalue weighted by Crippen LogP contribution is 2.19. The highest BCUT2D eigenvalue weighted by atomic mass is 35.5. The Morgan fingerprint density at radius 3 is 1.77 bits per heavy atom. The minimum atomic E-state index is -0.213. The number of nitrogens with zero attached hydrogens (tertiary/aromatic N) is 2. The fraction of sp³-hybridized carbons (Fsp3) is 0.143. The van der Waals surface area contributed by atoms with Gasteiger partial charge in [-0.05, 0) is 6.07 Å². The molecule has 0 aromatic carbocycles. The molecule has 0 aliphatic heterocycles. The van der Waals surface area contributed by atoms with Gasteiger partial charge in [0.1, 0.15) is 17.1 Å². The molecule has 0 saturated heterocycles. The van der Waals surface area contributed by atoms with Crippen LogP contribution in [0, 0.1) is 0 Å². The van der Waals surface area contributed by atoms with Crippen LogP contribution >= 0.6 is 34.8 Å². The zero-order valence-electron chi connectivity index (χ0n) is 11.6. The summed E-state index contributed by atoms with van der Waals surface area (Å²) in [7, 11) is 0. The first-order valence-electron chi connectivity index (χ1n) is 5.89. The van der Waals surface area contributed by atoms with Gasteiger partial charge >= 0.3 is 0 Å². The second-order valence-electron chi connectivity index (χ2n) is 4.12. The molecule has 2 rings (SSSR count). The summed E-state index contributed by atoms with van der Waals surface area (Å²) >= 11 is 16.8. The van der Waals surface area contributed by atoms with Gasteiger partial charge in [-0.3, -0.25) is 14.6 Å². The molecule has 0 bridgehead atoms. The highest BCUT2D eigenvalue weighted by Gasteiger charge is 2.07. The van der Waals surface area contributed by atoms with Gasteiger partial charge in [-0.1, -0.05) is 34.8 Å². The lowest BCUT2D eigenvalue weighted by molar-refractivity contribution is 0.100. The Hall–Kier alpha value is -1.69. The van der Waals surface area contributed by atoms with Gasteiger partial charge in [-0.2, -0.15) is 0 Å². The zero-order chi connectivity index (χ0) is 16.9. The van der Waals surface area contributed by atoms with Gasteiger partial charge < -0.3 is 5.11 Å². The monoisotopic (exact) mass is 360 g/mol. The second-order valence-corrected chi connectivity index (χ2v) is 5.37. The van der Waals surface area contributed by atoms with E-state index in [1.54, 1.807) is 0 Å². The van der Waals surface area contributed by atoms with E-state index in [-0.39, 0.29) is 33.7 Å². The van der Waals surface area contributed by atoms with Gasteiger partial charge in [0, 0.05) is 26.1 Å². The molecule has 22 heavy (non-hydrogen) atoms. The largest absolute Gasteiger partial charge is 0.506 e. The van der Waals surface area contributed by atoms with E-state index in [1.165, 1.54) is 38.4 Å². The number of carbonyl (C=O) groups is 2. The van der Waals surface area contributed by atoms with Crippen molar-refractivity contribution < 1.29 is 14.7 Å². The summed E-state index contributed by atoms with van der Waals surface area (Å²) in [5.41, 5.74) is 0.445. The van der Waals surface area contributed by atoms with E-state index in [0.717, 1.165) is 0 Å². The highest BCUT2D eigenvalue weighted by molar-refractivity contribution is 6.36. The number of ketones is 2. The first kappa shape index (κ1) is 18.4. The third-order valence-electron chi connectivity index (χ3n) is 2.30. The molecule has 0 spiro atoms. The average Bonchev–Trinajstić information content (AvgIpc) is 2.38. The lowest BCUT2D eigenvalue weighted by Gasteiger charge is -1.97. The second kappa shape index (κ2) is 8.08. The van der Waals surface area contributed by atoms with E-state index in [2.05, 4.69) is 9.97 Å². The number of aromatic nitrogens is 2. The van der Waals surface area contributed by atoms with E-state index >= 15 is 0 Å². The minimum Gasteiger partial charge on any atom is -0.506 e. The predicted octanol–water partition coefficient (Wildman–Crippen LogP) is 4.23. The van der Waals surface area contributed by atoms with Gasteiger partial charge in [0.25, 0.3) is 0 Å². The first-order chi connectivity index (χ1) is 10.2. The maximum atomic E-state index is 10.8. The Kier molecular flexibility index (Phi) is 6.74. The summed E-state index contributed by atoms with van der Waals surface area (Å²) in [4.78, 5) is 28.9. The van der Waals surface area contributed by atoms with E-state index in [1.807, 2.05) is 0 Å². The third kappa shape index (κ3) is 5.26. The molecule has 2 heterocycles. The fourth-order valence-corrected chi connectivity index (χ4v) is 2.17. The van der Waals surface area contributed by atoms with Crippen LogP contribution in [0.4, 0.5) is 0 Å². The van der Waals surface area contributed by atoms with Crippen LogP contribution in [-0.2, 0) is 0 Å². The molecular formula is C14H11Cl3N2O3. The Labute approximate surface area is 141 Å². The zero-order valence-corrected chi connectivity index (χ0v) is 13.9. The van der Waals surface area contributed by atoms with Crippen molar-refractivity contribution in [3.8, 4) is 5.75 Å². The van der Waals surface area contributed by atoms with Crippen molar-refractivity contribution >= 4 is 46.4 Å². The lowest BCUT2D eigenvalue weighted by atomic mass is 10.3. The van der Waals surface area contributed by atoms with E-state index in [9.17, 15) is 9.59 Å². The van der Waals surface area contributed by atoms with Crippen LogP contribution in [0.15, 0.2) is 24.5 Å². The Morgan fingerprint density at radius 1 is 0.909 bits per heavy atom. The SMILES string of the molecule is CC(=O)c1ncc(Cl)cc1Cl.CC(=O)c1ncc(O)cc1Cl. The Bertz CT molecular complexity index is 659. The number of hydrogen-bond acceptors (Lipinski definition) is 5. The summed E-state index contributed by atoms with van der Waals surface area (Å²) in [6, 6.07) is 2.78. The summed E-state index contributed by atoms with van der Waals surface area (Å²) in [6.45, 7) is 2.77. The molecule has 5 nitrogen and oxygen atoms in total. The van der Waals surface area contributed by atoms with Crippen LogP contribution in [0.25, 0.3) is 0 Å². The van der Waals surface area contributed by atoms with Crippen LogP contribution in [-0.4, -0.2) is 26.6 Å². The van der Waals surface area contributed by atoms with Gasteiger partial charge in [-0.25, -0.2) is 4.98 Å². The summed E-state index contributed by atoms with van der Waals surface area (Å²) in [5, 5.41) is 9.77. The molecule has 8 heteroatoms. The molecule has 116 valence electrons. The molecule has 2 aromatic heterocycles. The normalized spacial score (nSPS) is 9.68. The number of pyridine rings is 2. The molecule has 0 aliphatic rings. The Balaban J connectivity index is 0.000000220. The molecule has 0 amide bonds.